The molecule has 0 heterocycles. The summed E-state index contributed by atoms with van der Waals surface area (Å²) in [5.74, 6) is -0.374. The van der Waals surface area contributed by atoms with Crippen LogP contribution in [0.5, 0.6) is 11.5 Å². The summed E-state index contributed by atoms with van der Waals surface area (Å²) in [4.78, 5) is 11.4. The normalized spacial score (nSPS) is 14.0. The molecule has 0 aliphatic rings. The Bertz CT molecular complexity index is 675. The Morgan fingerprint density at radius 1 is 1.22 bits per heavy atom. The molecule has 10 heteroatoms. The zero-order chi connectivity index (χ0) is 17.8. The van der Waals surface area contributed by atoms with E-state index in [9.17, 15) is 18.3 Å². The van der Waals surface area contributed by atoms with Crippen molar-refractivity contribution in [3.05, 3.63) is 16.6 Å². The minimum absolute atomic E-state index is 0.176. The molecule has 0 radical (unpaired) electrons. The number of ether oxygens (including phenoxy) is 3. The molecule has 1 aromatic carbocycles. The number of rotatable bonds is 7. The van der Waals surface area contributed by atoms with Crippen molar-refractivity contribution in [1.29, 1.82) is 0 Å². The van der Waals surface area contributed by atoms with Gasteiger partial charge in [0.05, 0.1) is 27.4 Å². The number of carbonyl (C=O) groups is 1. The third kappa shape index (κ3) is 4.56. The second-order valence-electron chi connectivity index (χ2n) is 4.50. The van der Waals surface area contributed by atoms with Crippen molar-refractivity contribution in [3.63, 3.8) is 0 Å². The zero-order valence-electron chi connectivity index (χ0n) is 13.0. The summed E-state index contributed by atoms with van der Waals surface area (Å²) < 4.78 is 41.9. The number of aliphatic hydroxyl groups is 1. The van der Waals surface area contributed by atoms with E-state index in [-0.39, 0.29) is 15.1 Å². The van der Waals surface area contributed by atoms with Gasteiger partial charge in [-0.3, -0.25) is 4.79 Å². The lowest BCUT2D eigenvalue weighted by Crippen LogP contribution is -2.48. The minimum atomic E-state index is -4.14. The second kappa shape index (κ2) is 7.95. The Labute approximate surface area is 142 Å². The smallest absolute Gasteiger partial charge is 0.326 e. The first-order valence-corrected chi connectivity index (χ1v) is 8.65. The number of sulfonamides is 1. The fourth-order valence-electron chi connectivity index (χ4n) is 1.74. The topological polar surface area (TPSA) is 111 Å². The number of carbonyl (C=O) groups excluding carboxylic acids is 1. The number of aliphatic hydroxyl groups excluding tert-OH is 1. The van der Waals surface area contributed by atoms with Crippen LogP contribution in [-0.4, -0.2) is 53.0 Å². The molecular formula is C13H18BrNO7S. The van der Waals surface area contributed by atoms with Crippen molar-refractivity contribution in [2.24, 2.45) is 0 Å². The van der Waals surface area contributed by atoms with Crippen LogP contribution in [0.1, 0.15) is 6.92 Å². The predicted octanol–water partition coefficient (Wildman–Crippen LogP) is 0.667. The molecule has 0 aromatic heterocycles. The first-order valence-electron chi connectivity index (χ1n) is 6.37. The maximum Gasteiger partial charge on any atom is 0.326 e. The molecule has 0 amide bonds. The molecule has 0 unspecified atom stereocenters. The van der Waals surface area contributed by atoms with E-state index in [1.165, 1.54) is 33.3 Å². The van der Waals surface area contributed by atoms with Crippen molar-refractivity contribution in [1.82, 2.24) is 4.72 Å². The molecule has 2 N–H and O–H groups in total. The first kappa shape index (κ1) is 19.7. The molecule has 0 spiro atoms. The lowest BCUT2D eigenvalue weighted by molar-refractivity contribution is -0.145. The molecule has 0 saturated heterocycles. The van der Waals surface area contributed by atoms with Crippen LogP contribution in [0.2, 0.25) is 0 Å². The molecule has 8 nitrogen and oxygen atoms in total. The van der Waals surface area contributed by atoms with Gasteiger partial charge in [0.1, 0.15) is 10.9 Å². The summed E-state index contributed by atoms with van der Waals surface area (Å²) in [6.45, 7) is 1.27. The number of hydrogen-bond donors (Lipinski definition) is 2. The van der Waals surface area contributed by atoms with Crippen molar-refractivity contribution in [2.45, 2.75) is 24.0 Å². The highest BCUT2D eigenvalue weighted by molar-refractivity contribution is 9.10. The molecular weight excluding hydrogens is 394 g/mol. The molecule has 0 aliphatic heterocycles. The van der Waals surface area contributed by atoms with Crippen molar-refractivity contribution in [2.75, 3.05) is 21.3 Å². The summed E-state index contributed by atoms with van der Waals surface area (Å²) in [6, 6.07) is 1.22. The highest BCUT2D eigenvalue weighted by Gasteiger charge is 2.32. The van der Waals surface area contributed by atoms with Crippen molar-refractivity contribution in [3.8, 4) is 11.5 Å². The third-order valence-electron chi connectivity index (χ3n) is 2.95. The molecule has 130 valence electrons. The Kier molecular flexibility index (Phi) is 6.81. The van der Waals surface area contributed by atoms with E-state index in [4.69, 9.17) is 9.47 Å². The van der Waals surface area contributed by atoms with Gasteiger partial charge in [-0.1, -0.05) is 0 Å². The van der Waals surface area contributed by atoms with Crippen LogP contribution >= 0.6 is 15.9 Å². The average molecular weight is 412 g/mol. The highest BCUT2D eigenvalue weighted by Crippen LogP contribution is 2.35. The number of benzene rings is 1. The largest absolute Gasteiger partial charge is 0.493 e. The monoisotopic (exact) mass is 411 g/mol. The number of nitrogens with one attached hydrogen (secondary N) is 1. The van der Waals surface area contributed by atoms with E-state index in [2.05, 4.69) is 25.4 Å². The first-order chi connectivity index (χ1) is 10.7. The summed E-state index contributed by atoms with van der Waals surface area (Å²) in [5, 5.41) is 9.59. The Balaban J connectivity index is 3.30. The molecule has 23 heavy (non-hydrogen) atoms. The van der Waals surface area contributed by atoms with Gasteiger partial charge in [-0.2, -0.15) is 4.72 Å². The summed E-state index contributed by atoms with van der Waals surface area (Å²) in [6.07, 6.45) is -1.28. The van der Waals surface area contributed by atoms with Crippen LogP contribution in [0.25, 0.3) is 0 Å². The fourth-order valence-corrected chi connectivity index (χ4v) is 4.04. The quantitative estimate of drug-likeness (QED) is 0.634. The van der Waals surface area contributed by atoms with Crippen LogP contribution in [0.15, 0.2) is 21.5 Å². The highest BCUT2D eigenvalue weighted by atomic mass is 79.9. The van der Waals surface area contributed by atoms with E-state index in [0.717, 1.165) is 7.11 Å². The molecule has 0 fully saturated rings. The summed E-state index contributed by atoms with van der Waals surface area (Å²) in [5.41, 5.74) is 0. The predicted molar refractivity (Wildman–Crippen MR) is 85.1 cm³/mol. The molecule has 2 atom stereocenters. The third-order valence-corrected chi connectivity index (χ3v) is 5.35. The van der Waals surface area contributed by atoms with Gasteiger partial charge in [-0.15, -0.1) is 0 Å². The van der Waals surface area contributed by atoms with Crippen LogP contribution in [0, 0.1) is 0 Å². The van der Waals surface area contributed by atoms with Gasteiger partial charge >= 0.3 is 5.97 Å². The number of esters is 1. The Morgan fingerprint density at radius 2 is 1.74 bits per heavy atom. The lowest BCUT2D eigenvalue weighted by atomic mass is 10.2. The van der Waals surface area contributed by atoms with Crippen LogP contribution in [0.4, 0.5) is 0 Å². The lowest BCUT2D eigenvalue weighted by Gasteiger charge is -2.20. The second-order valence-corrected chi connectivity index (χ2v) is 7.04. The minimum Gasteiger partial charge on any atom is -0.493 e. The number of halogens is 1. The maximum atomic E-state index is 12.5. The van der Waals surface area contributed by atoms with Crippen LogP contribution in [-0.2, 0) is 19.6 Å². The van der Waals surface area contributed by atoms with Gasteiger partial charge in [-0.25, -0.2) is 8.42 Å². The van der Waals surface area contributed by atoms with Gasteiger partial charge < -0.3 is 19.3 Å². The summed E-state index contributed by atoms with van der Waals surface area (Å²) >= 11 is 3.13. The van der Waals surface area contributed by atoms with Crippen molar-refractivity contribution >= 4 is 31.9 Å². The molecule has 0 bridgehead atoms. The molecule has 0 aliphatic carbocycles. The van der Waals surface area contributed by atoms with Crippen LogP contribution in [0.3, 0.4) is 0 Å². The Hall–Kier alpha value is -1.36. The van der Waals surface area contributed by atoms with E-state index in [1.807, 2.05) is 0 Å². The van der Waals surface area contributed by atoms with Gasteiger partial charge in [-0.05, 0) is 28.9 Å². The van der Waals surface area contributed by atoms with E-state index >= 15 is 0 Å². The van der Waals surface area contributed by atoms with Gasteiger partial charge in [0, 0.05) is 10.5 Å². The van der Waals surface area contributed by atoms with Gasteiger partial charge in [0.25, 0.3) is 0 Å². The SMILES string of the molecule is COC(=O)[C@H](NS(=O)(=O)c1cc(OC)c(OC)cc1Br)[C@H](C)O. The zero-order valence-corrected chi connectivity index (χ0v) is 15.4. The number of methoxy groups -OCH3 is 3. The standard InChI is InChI=1S/C13H18BrNO7S/c1-7(16)12(13(17)22-4)15-23(18,19)11-6-10(21-3)9(20-2)5-8(11)14/h5-7,12,15-16H,1-4H3/t7-,12+/m0/s1. The molecule has 0 saturated carbocycles. The van der Waals surface area contributed by atoms with Gasteiger partial charge in [0.15, 0.2) is 11.5 Å². The maximum absolute atomic E-state index is 12.5. The average Bonchev–Trinajstić information content (AvgIpc) is 2.50. The number of hydrogen-bond acceptors (Lipinski definition) is 7. The van der Waals surface area contributed by atoms with Crippen LogP contribution < -0.4 is 14.2 Å². The van der Waals surface area contributed by atoms with Gasteiger partial charge in [0.2, 0.25) is 10.0 Å². The molecule has 1 rings (SSSR count). The van der Waals surface area contributed by atoms with E-state index < -0.39 is 28.1 Å². The van der Waals surface area contributed by atoms with E-state index in [1.54, 1.807) is 0 Å². The van der Waals surface area contributed by atoms with E-state index in [0.29, 0.717) is 5.75 Å². The van der Waals surface area contributed by atoms with Crippen molar-refractivity contribution < 1.29 is 32.5 Å². The molecule has 1 aromatic rings. The summed E-state index contributed by atoms with van der Waals surface area (Å²) in [7, 11) is -0.268. The fraction of sp³-hybridized carbons (Fsp3) is 0.462. The Morgan fingerprint density at radius 3 is 2.17 bits per heavy atom.